The zero-order chi connectivity index (χ0) is 15.4. The molecule has 6 heteroatoms. The van der Waals surface area contributed by atoms with E-state index in [1.807, 2.05) is 23.1 Å². The molecule has 1 N–H and O–H groups in total. The van der Waals surface area contributed by atoms with Gasteiger partial charge in [-0.15, -0.1) is 11.3 Å². The van der Waals surface area contributed by atoms with Crippen LogP contribution in [0.3, 0.4) is 0 Å². The third-order valence-electron chi connectivity index (χ3n) is 3.78. The van der Waals surface area contributed by atoms with E-state index < -0.39 is 5.97 Å². The van der Waals surface area contributed by atoms with Crippen molar-refractivity contribution in [3.8, 4) is 10.6 Å². The first-order valence-electron chi connectivity index (χ1n) is 7.37. The summed E-state index contributed by atoms with van der Waals surface area (Å²) in [5, 5.41) is 12.0. The van der Waals surface area contributed by atoms with Gasteiger partial charge in [-0.3, -0.25) is 14.6 Å². The quantitative estimate of drug-likeness (QED) is 0.914. The summed E-state index contributed by atoms with van der Waals surface area (Å²) in [6.07, 6.45) is 0. The molecule has 1 aromatic carbocycles. The van der Waals surface area contributed by atoms with Gasteiger partial charge in [0.1, 0.15) is 5.01 Å². The van der Waals surface area contributed by atoms with Gasteiger partial charge in [0, 0.05) is 43.7 Å². The van der Waals surface area contributed by atoms with Gasteiger partial charge in [0.25, 0.3) is 0 Å². The maximum Gasteiger partial charge on any atom is 0.317 e. The summed E-state index contributed by atoms with van der Waals surface area (Å²) in [5.74, 6) is -0.750. The summed E-state index contributed by atoms with van der Waals surface area (Å²) < 4.78 is 0. The van der Waals surface area contributed by atoms with Crippen LogP contribution in [0.2, 0.25) is 0 Å². The van der Waals surface area contributed by atoms with Crippen molar-refractivity contribution in [1.29, 1.82) is 0 Å². The van der Waals surface area contributed by atoms with Gasteiger partial charge in [0.15, 0.2) is 0 Å². The van der Waals surface area contributed by atoms with Crippen molar-refractivity contribution >= 4 is 17.3 Å². The van der Waals surface area contributed by atoms with Gasteiger partial charge in [-0.1, -0.05) is 30.3 Å². The maximum absolute atomic E-state index is 10.7. The number of carboxylic acid groups (broad SMARTS) is 1. The molecular formula is C16H19N3O2S. The highest BCUT2D eigenvalue weighted by Crippen LogP contribution is 2.24. The summed E-state index contributed by atoms with van der Waals surface area (Å²) in [5.41, 5.74) is 2.25. The Labute approximate surface area is 133 Å². The van der Waals surface area contributed by atoms with Crippen LogP contribution < -0.4 is 0 Å². The summed E-state index contributed by atoms with van der Waals surface area (Å²) in [6.45, 7) is 4.38. The minimum atomic E-state index is -0.750. The van der Waals surface area contributed by atoms with E-state index in [2.05, 4.69) is 22.4 Å². The lowest BCUT2D eigenvalue weighted by atomic mass is 10.2. The molecule has 0 unspecified atom stereocenters. The number of rotatable bonds is 5. The molecule has 1 aliphatic rings. The molecule has 0 atom stereocenters. The molecule has 1 saturated heterocycles. The van der Waals surface area contributed by atoms with Crippen molar-refractivity contribution in [3.63, 3.8) is 0 Å². The molecule has 0 amide bonds. The number of hydrogen-bond acceptors (Lipinski definition) is 5. The Bertz CT molecular complexity index is 621. The Balaban J connectivity index is 1.55. The average Bonchev–Trinajstić information content (AvgIpc) is 2.98. The molecule has 116 valence electrons. The van der Waals surface area contributed by atoms with E-state index in [9.17, 15) is 4.79 Å². The molecule has 0 bridgehead atoms. The highest BCUT2D eigenvalue weighted by atomic mass is 32.1. The van der Waals surface area contributed by atoms with Crippen LogP contribution in [0.5, 0.6) is 0 Å². The van der Waals surface area contributed by atoms with Crippen molar-refractivity contribution in [2.24, 2.45) is 0 Å². The molecule has 0 aliphatic carbocycles. The Hall–Kier alpha value is -1.76. The Morgan fingerprint density at radius 2 is 1.82 bits per heavy atom. The van der Waals surface area contributed by atoms with Gasteiger partial charge in [-0.25, -0.2) is 4.98 Å². The Morgan fingerprint density at radius 3 is 2.50 bits per heavy atom. The molecule has 2 heterocycles. The first kappa shape index (κ1) is 15.1. The molecule has 5 nitrogen and oxygen atoms in total. The third kappa shape index (κ3) is 3.91. The second-order valence-corrected chi connectivity index (χ2v) is 6.31. The fraction of sp³-hybridized carbons (Fsp3) is 0.375. The van der Waals surface area contributed by atoms with E-state index in [0.29, 0.717) is 0 Å². The summed E-state index contributed by atoms with van der Waals surface area (Å²) >= 11 is 1.67. The number of aromatic nitrogens is 1. The lowest BCUT2D eigenvalue weighted by Crippen LogP contribution is -2.47. The van der Waals surface area contributed by atoms with Crippen molar-refractivity contribution in [2.45, 2.75) is 6.54 Å². The van der Waals surface area contributed by atoms with Gasteiger partial charge in [-0.2, -0.15) is 0 Å². The van der Waals surface area contributed by atoms with Crippen LogP contribution in [-0.4, -0.2) is 58.6 Å². The second kappa shape index (κ2) is 7.00. The smallest absolute Gasteiger partial charge is 0.317 e. The zero-order valence-corrected chi connectivity index (χ0v) is 13.1. The molecule has 1 aromatic heterocycles. The predicted octanol–water partition coefficient (Wildman–Crippen LogP) is 2.01. The summed E-state index contributed by atoms with van der Waals surface area (Å²) in [4.78, 5) is 19.7. The molecule has 3 rings (SSSR count). The highest BCUT2D eigenvalue weighted by molar-refractivity contribution is 7.13. The molecule has 1 fully saturated rings. The van der Waals surface area contributed by atoms with Crippen molar-refractivity contribution in [3.05, 3.63) is 41.4 Å². The molecule has 0 radical (unpaired) electrons. The molecule has 2 aromatic rings. The van der Waals surface area contributed by atoms with Gasteiger partial charge in [-0.05, 0) is 0 Å². The largest absolute Gasteiger partial charge is 0.480 e. The maximum atomic E-state index is 10.7. The molecular weight excluding hydrogens is 298 g/mol. The van der Waals surface area contributed by atoms with Crippen LogP contribution in [0.15, 0.2) is 35.7 Å². The Kier molecular flexibility index (Phi) is 4.82. The fourth-order valence-electron chi connectivity index (χ4n) is 2.62. The van der Waals surface area contributed by atoms with Crippen molar-refractivity contribution < 1.29 is 9.90 Å². The molecule has 22 heavy (non-hydrogen) atoms. The second-order valence-electron chi connectivity index (χ2n) is 5.46. The lowest BCUT2D eigenvalue weighted by Gasteiger charge is -2.33. The molecule has 0 saturated carbocycles. The SMILES string of the molecule is O=C(O)CN1CCN(Cc2csc(-c3ccccc3)n2)CC1. The van der Waals surface area contributed by atoms with Gasteiger partial charge >= 0.3 is 5.97 Å². The minimum absolute atomic E-state index is 0.142. The van der Waals surface area contributed by atoms with Crippen molar-refractivity contribution in [1.82, 2.24) is 14.8 Å². The highest BCUT2D eigenvalue weighted by Gasteiger charge is 2.19. The molecule has 0 spiro atoms. The van der Waals surface area contributed by atoms with E-state index in [0.717, 1.165) is 49.0 Å². The van der Waals surface area contributed by atoms with E-state index in [1.165, 1.54) is 0 Å². The lowest BCUT2D eigenvalue weighted by molar-refractivity contribution is -0.138. The molecule has 1 aliphatic heterocycles. The summed E-state index contributed by atoms with van der Waals surface area (Å²) in [7, 11) is 0. The van der Waals surface area contributed by atoms with Crippen LogP contribution >= 0.6 is 11.3 Å². The third-order valence-corrected chi connectivity index (χ3v) is 4.72. The predicted molar refractivity (Wildman–Crippen MR) is 86.9 cm³/mol. The monoisotopic (exact) mass is 317 g/mol. The van der Waals surface area contributed by atoms with E-state index in [1.54, 1.807) is 11.3 Å². The van der Waals surface area contributed by atoms with E-state index in [-0.39, 0.29) is 6.54 Å². The standard InChI is InChI=1S/C16H19N3O2S/c20-15(21)11-19-8-6-18(7-9-19)10-14-12-22-16(17-14)13-4-2-1-3-5-13/h1-5,12H,6-11H2,(H,20,21). The zero-order valence-electron chi connectivity index (χ0n) is 12.3. The number of aliphatic carboxylic acids is 1. The van der Waals surface area contributed by atoms with Crippen LogP contribution in [-0.2, 0) is 11.3 Å². The van der Waals surface area contributed by atoms with Crippen molar-refractivity contribution in [2.75, 3.05) is 32.7 Å². The normalized spacial score (nSPS) is 16.7. The van der Waals surface area contributed by atoms with Gasteiger partial charge < -0.3 is 5.11 Å². The van der Waals surface area contributed by atoms with Crippen LogP contribution in [0.4, 0.5) is 0 Å². The first-order valence-corrected chi connectivity index (χ1v) is 8.25. The first-order chi connectivity index (χ1) is 10.7. The van der Waals surface area contributed by atoms with Gasteiger partial charge in [0.05, 0.1) is 12.2 Å². The van der Waals surface area contributed by atoms with Gasteiger partial charge in [0.2, 0.25) is 0 Å². The van der Waals surface area contributed by atoms with E-state index >= 15 is 0 Å². The number of nitrogens with zero attached hydrogens (tertiary/aromatic N) is 3. The fourth-order valence-corrected chi connectivity index (χ4v) is 3.44. The average molecular weight is 317 g/mol. The Morgan fingerprint density at radius 1 is 1.14 bits per heavy atom. The minimum Gasteiger partial charge on any atom is -0.480 e. The van der Waals surface area contributed by atoms with Crippen LogP contribution in [0, 0.1) is 0 Å². The number of piperazine rings is 1. The number of thiazole rings is 1. The topological polar surface area (TPSA) is 56.7 Å². The van der Waals surface area contributed by atoms with E-state index in [4.69, 9.17) is 10.1 Å². The van der Waals surface area contributed by atoms with Crippen LogP contribution in [0.25, 0.3) is 10.6 Å². The number of hydrogen-bond donors (Lipinski definition) is 1. The number of benzene rings is 1. The number of carboxylic acids is 1. The van der Waals surface area contributed by atoms with Crippen LogP contribution in [0.1, 0.15) is 5.69 Å². The summed E-state index contributed by atoms with van der Waals surface area (Å²) in [6, 6.07) is 10.2. The number of carbonyl (C=O) groups is 1.